The van der Waals surface area contributed by atoms with E-state index in [4.69, 9.17) is 9.47 Å². The summed E-state index contributed by atoms with van der Waals surface area (Å²) >= 11 is 0. The lowest BCUT2D eigenvalue weighted by Gasteiger charge is -2.17. The Hall–Kier alpha value is -2.53. The van der Waals surface area contributed by atoms with Gasteiger partial charge in [-0.05, 0) is 37.1 Å². The molecule has 5 heteroatoms. The Morgan fingerprint density at radius 3 is 2.58 bits per heavy atom. The van der Waals surface area contributed by atoms with Gasteiger partial charge in [-0.3, -0.25) is 0 Å². The number of nitrogens with one attached hydrogen (secondary N) is 2. The maximum atomic E-state index is 5.82. The van der Waals surface area contributed by atoms with Gasteiger partial charge in [0.05, 0.1) is 13.2 Å². The van der Waals surface area contributed by atoms with Crippen LogP contribution in [0.5, 0.6) is 5.75 Å². The van der Waals surface area contributed by atoms with Crippen molar-refractivity contribution < 1.29 is 9.47 Å². The standard InChI is InChI=1S/C21H29N3O2/c1-4-22-21(24-17(2)15-25-3)23-14-18-9-8-10-19(13-18)16-26-20-11-6-5-7-12-20/h5-13,17H,4,14-16H2,1-3H3,(H2,22,23,24). The SMILES string of the molecule is CCNC(=NCc1cccc(COc2ccccc2)c1)NC(C)COC. The van der Waals surface area contributed by atoms with E-state index in [0.717, 1.165) is 29.4 Å². The summed E-state index contributed by atoms with van der Waals surface area (Å²) in [5.74, 6) is 1.67. The molecule has 0 aliphatic heterocycles. The van der Waals surface area contributed by atoms with Crippen molar-refractivity contribution in [1.82, 2.24) is 10.6 Å². The zero-order valence-electron chi connectivity index (χ0n) is 15.9. The van der Waals surface area contributed by atoms with Gasteiger partial charge in [-0.15, -0.1) is 0 Å². The van der Waals surface area contributed by atoms with Gasteiger partial charge in [0.2, 0.25) is 0 Å². The van der Waals surface area contributed by atoms with Gasteiger partial charge < -0.3 is 20.1 Å². The predicted octanol–water partition coefficient (Wildman–Crippen LogP) is 3.36. The first-order valence-electron chi connectivity index (χ1n) is 9.00. The molecule has 0 spiro atoms. The largest absolute Gasteiger partial charge is 0.489 e. The van der Waals surface area contributed by atoms with Crippen molar-refractivity contribution in [1.29, 1.82) is 0 Å². The normalized spacial score (nSPS) is 12.5. The zero-order valence-corrected chi connectivity index (χ0v) is 15.9. The van der Waals surface area contributed by atoms with E-state index in [1.165, 1.54) is 0 Å². The molecule has 0 aliphatic rings. The van der Waals surface area contributed by atoms with Crippen molar-refractivity contribution in [3.05, 3.63) is 65.7 Å². The van der Waals surface area contributed by atoms with E-state index in [-0.39, 0.29) is 6.04 Å². The summed E-state index contributed by atoms with van der Waals surface area (Å²) in [4.78, 5) is 4.66. The van der Waals surface area contributed by atoms with E-state index in [1.807, 2.05) is 36.4 Å². The first-order valence-corrected chi connectivity index (χ1v) is 9.00. The molecule has 0 aromatic heterocycles. The molecule has 0 bridgehead atoms. The summed E-state index contributed by atoms with van der Waals surface area (Å²) < 4.78 is 11.0. The van der Waals surface area contributed by atoms with Crippen LogP contribution in [0.3, 0.4) is 0 Å². The summed E-state index contributed by atoms with van der Waals surface area (Å²) in [6.45, 7) is 6.73. The summed E-state index contributed by atoms with van der Waals surface area (Å²) in [5, 5.41) is 6.60. The van der Waals surface area contributed by atoms with Crippen LogP contribution in [0.1, 0.15) is 25.0 Å². The average molecular weight is 355 g/mol. The van der Waals surface area contributed by atoms with E-state index in [1.54, 1.807) is 7.11 Å². The van der Waals surface area contributed by atoms with Crippen molar-refractivity contribution in [2.24, 2.45) is 4.99 Å². The van der Waals surface area contributed by atoms with Crippen LogP contribution in [-0.4, -0.2) is 32.3 Å². The molecule has 2 N–H and O–H groups in total. The van der Waals surface area contributed by atoms with Gasteiger partial charge in [0.15, 0.2) is 5.96 Å². The second-order valence-corrected chi connectivity index (χ2v) is 6.12. The van der Waals surface area contributed by atoms with E-state index < -0.39 is 0 Å². The molecule has 1 atom stereocenters. The number of methoxy groups -OCH3 is 1. The quantitative estimate of drug-likeness (QED) is 0.535. The number of hydrogen-bond acceptors (Lipinski definition) is 3. The van der Waals surface area contributed by atoms with Crippen LogP contribution < -0.4 is 15.4 Å². The number of benzene rings is 2. The topological polar surface area (TPSA) is 54.9 Å². The summed E-state index contributed by atoms with van der Waals surface area (Å²) in [7, 11) is 1.70. The third-order valence-electron chi connectivity index (χ3n) is 3.70. The van der Waals surface area contributed by atoms with Crippen LogP contribution in [0.4, 0.5) is 0 Å². The average Bonchev–Trinajstić information content (AvgIpc) is 2.66. The molecule has 5 nitrogen and oxygen atoms in total. The Labute approximate surface area is 156 Å². The molecule has 0 saturated carbocycles. The molecular formula is C21H29N3O2. The number of nitrogens with zero attached hydrogens (tertiary/aromatic N) is 1. The number of hydrogen-bond donors (Lipinski definition) is 2. The Bertz CT molecular complexity index is 674. The minimum absolute atomic E-state index is 0.198. The first-order chi connectivity index (χ1) is 12.7. The third-order valence-corrected chi connectivity index (χ3v) is 3.70. The number of rotatable bonds is 9. The molecule has 0 heterocycles. The molecule has 2 aromatic carbocycles. The molecule has 26 heavy (non-hydrogen) atoms. The zero-order chi connectivity index (χ0) is 18.6. The molecule has 0 saturated heterocycles. The Morgan fingerprint density at radius 1 is 1.08 bits per heavy atom. The van der Waals surface area contributed by atoms with Crippen LogP contribution in [0.15, 0.2) is 59.6 Å². The van der Waals surface area contributed by atoms with Gasteiger partial charge >= 0.3 is 0 Å². The van der Waals surface area contributed by atoms with Gasteiger partial charge in [-0.1, -0.05) is 42.5 Å². The van der Waals surface area contributed by atoms with Gasteiger partial charge in [0.1, 0.15) is 12.4 Å². The van der Waals surface area contributed by atoms with Gasteiger partial charge in [0.25, 0.3) is 0 Å². The lowest BCUT2D eigenvalue weighted by atomic mass is 10.1. The molecule has 1 unspecified atom stereocenters. The fourth-order valence-corrected chi connectivity index (χ4v) is 2.52. The fraction of sp³-hybridized carbons (Fsp3) is 0.381. The lowest BCUT2D eigenvalue weighted by molar-refractivity contribution is 0.179. The molecule has 0 radical (unpaired) electrons. The molecule has 0 aliphatic carbocycles. The second kappa shape index (κ2) is 11.2. The number of ether oxygens (including phenoxy) is 2. The van der Waals surface area contributed by atoms with Crippen molar-refractivity contribution in [3.8, 4) is 5.75 Å². The Balaban J connectivity index is 1.94. The Kier molecular flexibility index (Phi) is 8.49. The van der Waals surface area contributed by atoms with Crippen molar-refractivity contribution in [2.75, 3.05) is 20.3 Å². The lowest BCUT2D eigenvalue weighted by Crippen LogP contribution is -2.43. The van der Waals surface area contributed by atoms with Gasteiger partial charge in [-0.2, -0.15) is 0 Å². The second-order valence-electron chi connectivity index (χ2n) is 6.12. The molecule has 0 fully saturated rings. The third kappa shape index (κ3) is 7.15. The monoisotopic (exact) mass is 355 g/mol. The highest BCUT2D eigenvalue weighted by Crippen LogP contribution is 2.13. The highest BCUT2D eigenvalue weighted by Gasteiger charge is 2.04. The molecule has 140 valence electrons. The smallest absolute Gasteiger partial charge is 0.191 e. The molecule has 2 rings (SSSR count). The van der Waals surface area contributed by atoms with E-state index in [2.05, 4.69) is 47.7 Å². The molecular weight excluding hydrogens is 326 g/mol. The van der Waals surface area contributed by atoms with E-state index in [0.29, 0.717) is 19.8 Å². The number of guanidine groups is 1. The van der Waals surface area contributed by atoms with Crippen LogP contribution in [0.25, 0.3) is 0 Å². The van der Waals surface area contributed by atoms with E-state index >= 15 is 0 Å². The maximum absolute atomic E-state index is 5.82. The van der Waals surface area contributed by atoms with Crippen LogP contribution >= 0.6 is 0 Å². The van der Waals surface area contributed by atoms with E-state index in [9.17, 15) is 0 Å². The van der Waals surface area contributed by atoms with Crippen LogP contribution in [-0.2, 0) is 17.9 Å². The molecule has 2 aromatic rings. The van der Waals surface area contributed by atoms with Gasteiger partial charge in [0, 0.05) is 19.7 Å². The first kappa shape index (κ1) is 19.8. The fourth-order valence-electron chi connectivity index (χ4n) is 2.52. The highest BCUT2D eigenvalue weighted by molar-refractivity contribution is 5.80. The minimum atomic E-state index is 0.198. The highest BCUT2D eigenvalue weighted by atomic mass is 16.5. The number of para-hydroxylation sites is 1. The van der Waals surface area contributed by atoms with Crippen molar-refractivity contribution >= 4 is 5.96 Å². The summed E-state index contributed by atoms with van der Waals surface area (Å²) in [6.07, 6.45) is 0. The predicted molar refractivity (Wildman–Crippen MR) is 107 cm³/mol. The molecule has 0 amide bonds. The number of aliphatic imine (C=N–C) groups is 1. The van der Waals surface area contributed by atoms with Crippen molar-refractivity contribution in [2.45, 2.75) is 33.0 Å². The maximum Gasteiger partial charge on any atom is 0.191 e. The summed E-state index contributed by atoms with van der Waals surface area (Å²) in [6, 6.07) is 18.4. The Morgan fingerprint density at radius 2 is 1.85 bits per heavy atom. The summed E-state index contributed by atoms with van der Waals surface area (Å²) in [5.41, 5.74) is 2.28. The van der Waals surface area contributed by atoms with Crippen LogP contribution in [0.2, 0.25) is 0 Å². The minimum Gasteiger partial charge on any atom is -0.489 e. The van der Waals surface area contributed by atoms with Crippen molar-refractivity contribution in [3.63, 3.8) is 0 Å². The van der Waals surface area contributed by atoms with Crippen LogP contribution in [0, 0.1) is 0 Å². The van der Waals surface area contributed by atoms with Gasteiger partial charge in [-0.25, -0.2) is 4.99 Å².